The number of rotatable bonds is 2. The molecule has 1 amide bonds. The molecule has 134 valence electrons. The standard InChI is InChI=1S/C21H15NO4S/c1-13-6-8-14(9-7-13)21(24)22-15-10-11-19-17(12-15)20(23)16-4-2-3-5-18(16)27(19,25)26/h2-12H,1H3,(H,22,24). The van der Waals surface area contributed by atoms with E-state index in [1.165, 1.54) is 30.3 Å². The third-order valence-electron chi connectivity index (χ3n) is 4.51. The highest BCUT2D eigenvalue weighted by Crippen LogP contribution is 2.35. The van der Waals surface area contributed by atoms with E-state index in [9.17, 15) is 18.0 Å². The Bertz CT molecular complexity index is 1200. The number of hydrogen-bond acceptors (Lipinski definition) is 4. The summed E-state index contributed by atoms with van der Waals surface area (Å²) in [5.74, 6) is -0.705. The van der Waals surface area contributed by atoms with Crippen LogP contribution >= 0.6 is 0 Å². The van der Waals surface area contributed by atoms with Crippen molar-refractivity contribution in [3.63, 3.8) is 0 Å². The van der Waals surface area contributed by atoms with Crippen LogP contribution < -0.4 is 5.32 Å². The Balaban J connectivity index is 1.73. The minimum atomic E-state index is -3.77. The maximum Gasteiger partial charge on any atom is 0.255 e. The van der Waals surface area contributed by atoms with Gasteiger partial charge in [-0.3, -0.25) is 9.59 Å². The lowest BCUT2D eigenvalue weighted by molar-refractivity contribution is 0.101. The molecular weight excluding hydrogens is 362 g/mol. The van der Waals surface area contributed by atoms with Crippen LogP contribution in [0, 0.1) is 6.92 Å². The fraction of sp³-hybridized carbons (Fsp3) is 0.0476. The number of sulfone groups is 1. The van der Waals surface area contributed by atoms with Crippen molar-refractivity contribution < 1.29 is 18.0 Å². The molecule has 0 saturated carbocycles. The van der Waals surface area contributed by atoms with E-state index in [1.807, 2.05) is 19.1 Å². The fourth-order valence-electron chi connectivity index (χ4n) is 3.08. The zero-order valence-corrected chi connectivity index (χ0v) is 15.2. The summed E-state index contributed by atoms with van der Waals surface area (Å²) in [5, 5.41) is 2.71. The van der Waals surface area contributed by atoms with Gasteiger partial charge >= 0.3 is 0 Å². The van der Waals surface area contributed by atoms with Crippen LogP contribution in [0.4, 0.5) is 5.69 Å². The second-order valence-corrected chi connectivity index (χ2v) is 8.25. The molecule has 4 rings (SSSR count). The van der Waals surface area contributed by atoms with Gasteiger partial charge in [-0.15, -0.1) is 0 Å². The van der Waals surface area contributed by atoms with Crippen molar-refractivity contribution in [3.05, 3.63) is 89.0 Å². The van der Waals surface area contributed by atoms with Gasteiger partial charge in [0.1, 0.15) is 0 Å². The molecule has 0 radical (unpaired) electrons. The third kappa shape index (κ3) is 2.84. The van der Waals surface area contributed by atoms with Crippen LogP contribution in [-0.2, 0) is 9.84 Å². The predicted molar refractivity (Wildman–Crippen MR) is 101 cm³/mol. The van der Waals surface area contributed by atoms with Crippen LogP contribution in [0.3, 0.4) is 0 Å². The molecule has 1 aliphatic heterocycles. The number of amides is 1. The van der Waals surface area contributed by atoms with Crippen LogP contribution in [0.25, 0.3) is 0 Å². The van der Waals surface area contributed by atoms with E-state index in [2.05, 4.69) is 5.32 Å². The van der Waals surface area contributed by atoms with Crippen molar-refractivity contribution in [1.29, 1.82) is 0 Å². The summed E-state index contributed by atoms with van der Waals surface area (Å²) < 4.78 is 25.6. The van der Waals surface area contributed by atoms with Gasteiger partial charge in [0.05, 0.1) is 9.79 Å². The summed E-state index contributed by atoms with van der Waals surface area (Å²) in [6.07, 6.45) is 0. The van der Waals surface area contributed by atoms with Crippen molar-refractivity contribution >= 4 is 27.2 Å². The number of benzene rings is 3. The first-order chi connectivity index (χ1) is 12.9. The lowest BCUT2D eigenvalue weighted by Crippen LogP contribution is -2.21. The molecule has 0 unspecified atom stereocenters. The molecule has 0 spiro atoms. The number of fused-ring (bicyclic) bond motifs is 2. The summed E-state index contributed by atoms with van der Waals surface area (Å²) >= 11 is 0. The molecule has 3 aromatic carbocycles. The Morgan fingerprint density at radius 1 is 0.852 bits per heavy atom. The highest BCUT2D eigenvalue weighted by Gasteiger charge is 2.34. The zero-order chi connectivity index (χ0) is 19.2. The lowest BCUT2D eigenvalue weighted by Gasteiger charge is -2.19. The number of ketones is 1. The van der Waals surface area contributed by atoms with Crippen molar-refractivity contribution in [2.24, 2.45) is 0 Å². The summed E-state index contributed by atoms with van der Waals surface area (Å²) in [6, 6.07) is 17.5. The van der Waals surface area contributed by atoms with Gasteiger partial charge in [0, 0.05) is 22.4 Å². The van der Waals surface area contributed by atoms with E-state index < -0.39 is 9.84 Å². The monoisotopic (exact) mass is 377 g/mol. The number of aryl methyl sites for hydroxylation is 1. The van der Waals surface area contributed by atoms with Gasteiger partial charge in [0.2, 0.25) is 9.84 Å². The maximum atomic E-state index is 12.8. The van der Waals surface area contributed by atoms with Gasteiger partial charge in [0.25, 0.3) is 5.91 Å². The smallest absolute Gasteiger partial charge is 0.255 e. The van der Waals surface area contributed by atoms with Crippen LogP contribution in [-0.4, -0.2) is 20.1 Å². The molecular formula is C21H15NO4S. The largest absolute Gasteiger partial charge is 0.322 e. The fourth-order valence-corrected chi connectivity index (χ4v) is 4.71. The van der Waals surface area contributed by atoms with Crippen LogP contribution in [0.5, 0.6) is 0 Å². The minimum Gasteiger partial charge on any atom is -0.322 e. The number of anilines is 1. The van der Waals surface area contributed by atoms with Gasteiger partial charge in [0.15, 0.2) is 5.78 Å². The molecule has 1 heterocycles. The van der Waals surface area contributed by atoms with Crippen molar-refractivity contribution in [1.82, 2.24) is 0 Å². The zero-order valence-electron chi connectivity index (χ0n) is 14.4. The Hall–Kier alpha value is -3.25. The van der Waals surface area contributed by atoms with Crippen molar-refractivity contribution in [2.75, 3.05) is 5.32 Å². The quantitative estimate of drug-likeness (QED) is 0.578. The average molecular weight is 377 g/mol. The molecule has 0 saturated heterocycles. The first kappa shape index (κ1) is 17.2. The summed E-state index contributed by atoms with van der Waals surface area (Å²) in [7, 11) is -3.77. The number of nitrogens with one attached hydrogen (secondary N) is 1. The molecule has 0 aromatic heterocycles. The Labute approximate surface area is 156 Å². The van der Waals surface area contributed by atoms with E-state index in [4.69, 9.17) is 0 Å². The van der Waals surface area contributed by atoms with Gasteiger partial charge < -0.3 is 5.32 Å². The highest BCUT2D eigenvalue weighted by molar-refractivity contribution is 7.91. The highest BCUT2D eigenvalue weighted by atomic mass is 32.2. The molecule has 1 N–H and O–H groups in total. The van der Waals surface area contributed by atoms with Crippen molar-refractivity contribution in [3.8, 4) is 0 Å². The van der Waals surface area contributed by atoms with Crippen LogP contribution in [0.15, 0.2) is 76.5 Å². The summed E-state index contributed by atoms with van der Waals surface area (Å²) in [6.45, 7) is 1.93. The van der Waals surface area contributed by atoms with Gasteiger partial charge in [-0.05, 0) is 49.4 Å². The third-order valence-corrected chi connectivity index (χ3v) is 6.38. The molecule has 0 fully saturated rings. The number of hydrogen-bond donors (Lipinski definition) is 1. The van der Waals surface area contributed by atoms with Crippen molar-refractivity contribution in [2.45, 2.75) is 16.7 Å². The predicted octanol–water partition coefficient (Wildman–Crippen LogP) is 3.62. The molecule has 0 aliphatic carbocycles. The topological polar surface area (TPSA) is 80.3 Å². The van der Waals surface area contributed by atoms with Gasteiger partial charge in [-0.2, -0.15) is 0 Å². The van der Waals surface area contributed by atoms with Crippen LogP contribution in [0.2, 0.25) is 0 Å². The lowest BCUT2D eigenvalue weighted by atomic mass is 10.0. The van der Waals surface area contributed by atoms with E-state index in [0.29, 0.717) is 11.3 Å². The Kier molecular flexibility index (Phi) is 3.93. The average Bonchev–Trinajstić information content (AvgIpc) is 2.67. The summed E-state index contributed by atoms with van der Waals surface area (Å²) in [5.41, 5.74) is 2.09. The molecule has 6 heteroatoms. The van der Waals surface area contributed by atoms with E-state index >= 15 is 0 Å². The molecule has 1 aliphatic rings. The Morgan fingerprint density at radius 3 is 2.26 bits per heavy atom. The second-order valence-electron chi connectivity index (χ2n) is 6.36. The second kappa shape index (κ2) is 6.17. The van der Waals surface area contributed by atoms with Gasteiger partial charge in [-0.25, -0.2) is 8.42 Å². The van der Waals surface area contributed by atoms with E-state index in [1.54, 1.807) is 24.3 Å². The Morgan fingerprint density at radius 2 is 1.52 bits per heavy atom. The van der Waals surface area contributed by atoms with E-state index in [0.717, 1.165) is 5.56 Å². The molecule has 3 aromatic rings. The van der Waals surface area contributed by atoms with Crippen LogP contribution in [0.1, 0.15) is 31.8 Å². The molecule has 0 bridgehead atoms. The van der Waals surface area contributed by atoms with E-state index in [-0.39, 0.29) is 32.6 Å². The van der Waals surface area contributed by atoms with Gasteiger partial charge in [-0.1, -0.05) is 29.8 Å². The maximum absolute atomic E-state index is 12.8. The molecule has 5 nitrogen and oxygen atoms in total. The molecule has 27 heavy (non-hydrogen) atoms. The SMILES string of the molecule is Cc1ccc(C(=O)Nc2ccc3c(c2)C(=O)c2ccccc2S3(=O)=O)cc1. The number of carbonyl (C=O) groups is 2. The first-order valence-corrected chi connectivity index (χ1v) is 9.77. The minimum absolute atomic E-state index is 0.0129. The number of carbonyl (C=O) groups excluding carboxylic acids is 2. The summed E-state index contributed by atoms with van der Waals surface area (Å²) in [4.78, 5) is 25.1. The normalized spacial score (nSPS) is 14.2. The molecule has 0 atom stereocenters. The first-order valence-electron chi connectivity index (χ1n) is 8.29.